The number of nitrogens with zero attached hydrogens (tertiary/aromatic N) is 3. The average Bonchev–Trinajstić information content (AvgIpc) is 2.76. The summed E-state index contributed by atoms with van der Waals surface area (Å²) in [4.78, 5) is 4.39. The highest BCUT2D eigenvalue weighted by Gasteiger charge is 2.09. The van der Waals surface area contributed by atoms with Crippen molar-refractivity contribution in [2.75, 3.05) is 11.9 Å². The first kappa shape index (κ1) is 11.9. The van der Waals surface area contributed by atoms with E-state index in [0.29, 0.717) is 12.5 Å². The summed E-state index contributed by atoms with van der Waals surface area (Å²) in [6, 6.07) is 6.07. The summed E-state index contributed by atoms with van der Waals surface area (Å²) in [6.07, 6.45) is 5.29. The van der Waals surface area contributed by atoms with Gasteiger partial charge in [-0.2, -0.15) is 4.98 Å². The maximum atomic E-state index is 5.73. The Kier molecular flexibility index (Phi) is 3.93. The van der Waals surface area contributed by atoms with E-state index in [4.69, 9.17) is 5.73 Å². The molecule has 0 aromatic carbocycles. The third-order valence-corrected chi connectivity index (χ3v) is 2.77. The maximum Gasteiger partial charge on any atom is 0.243 e. The van der Waals surface area contributed by atoms with Crippen LogP contribution < -0.4 is 11.1 Å². The summed E-state index contributed by atoms with van der Waals surface area (Å²) in [5, 5.41) is 7.63. The summed E-state index contributed by atoms with van der Waals surface area (Å²) in [7, 11) is 0. The van der Waals surface area contributed by atoms with Crippen LogP contribution in [0, 0.1) is 0 Å². The van der Waals surface area contributed by atoms with Crippen molar-refractivity contribution in [3.8, 4) is 0 Å². The molecule has 0 fully saturated rings. The molecule has 0 bridgehead atoms. The number of hydrogen-bond donors (Lipinski definition) is 2. The van der Waals surface area contributed by atoms with E-state index in [9.17, 15) is 0 Å². The minimum absolute atomic E-state index is 0.257. The number of nitrogens with one attached hydrogen (secondary N) is 1. The molecule has 0 radical (unpaired) electrons. The van der Waals surface area contributed by atoms with Crippen molar-refractivity contribution in [3.05, 3.63) is 24.4 Å². The second kappa shape index (κ2) is 5.63. The van der Waals surface area contributed by atoms with Crippen molar-refractivity contribution in [2.24, 2.45) is 5.73 Å². The van der Waals surface area contributed by atoms with Gasteiger partial charge in [-0.05, 0) is 18.6 Å². The first-order valence-electron chi connectivity index (χ1n) is 6.11. The molecule has 1 unspecified atom stereocenters. The van der Waals surface area contributed by atoms with Gasteiger partial charge in [-0.15, -0.1) is 5.10 Å². The van der Waals surface area contributed by atoms with Gasteiger partial charge in [0.25, 0.3) is 0 Å². The Morgan fingerprint density at radius 3 is 3.06 bits per heavy atom. The number of rotatable bonds is 6. The first-order valence-corrected chi connectivity index (χ1v) is 6.11. The van der Waals surface area contributed by atoms with Gasteiger partial charge in [-0.3, -0.25) is 0 Å². The first-order chi connectivity index (χ1) is 8.33. The lowest BCUT2D eigenvalue weighted by molar-refractivity contribution is 0.610. The summed E-state index contributed by atoms with van der Waals surface area (Å²) in [6.45, 7) is 2.78. The minimum Gasteiger partial charge on any atom is -0.349 e. The van der Waals surface area contributed by atoms with Crippen LogP contribution in [0.5, 0.6) is 0 Å². The molecule has 2 aromatic rings. The standard InChI is InChI=1S/C12H19N5/c1-2-3-6-10(9-13)14-12-15-11-7-4-5-8-17(11)16-12/h4-5,7-8,10H,2-3,6,9,13H2,1H3,(H,14,16). The Balaban J connectivity index is 2.06. The second-order valence-electron chi connectivity index (χ2n) is 4.16. The van der Waals surface area contributed by atoms with Crippen LogP contribution in [0.1, 0.15) is 26.2 Å². The summed E-state index contributed by atoms with van der Waals surface area (Å²) < 4.78 is 1.76. The molecule has 3 N–H and O–H groups in total. The molecule has 92 valence electrons. The van der Waals surface area contributed by atoms with E-state index < -0.39 is 0 Å². The van der Waals surface area contributed by atoms with Crippen LogP contribution in [0.4, 0.5) is 5.95 Å². The van der Waals surface area contributed by atoms with Gasteiger partial charge in [0.05, 0.1) is 0 Å². The second-order valence-corrected chi connectivity index (χ2v) is 4.16. The zero-order chi connectivity index (χ0) is 12.1. The van der Waals surface area contributed by atoms with Crippen molar-refractivity contribution in [1.29, 1.82) is 0 Å². The molecule has 0 aliphatic carbocycles. The van der Waals surface area contributed by atoms with Gasteiger partial charge in [-0.1, -0.05) is 25.8 Å². The highest BCUT2D eigenvalue weighted by Crippen LogP contribution is 2.08. The van der Waals surface area contributed by atoms with E-state index in [1.807, 2.05) is 24.4 Å². The molecule has 0 amide bonds. The lowest BCUT2D eigenvalue weighted by atomic mass is 10.1. The summed E-state index contributed by atoms with van der Waals surface area (Å²) in [5.41, 5.74) is 6.58. The Labute approximate surface area is 101 Å². The molecular formula is C12H19N5. The summed E-state index contributed by atoms with van der Waals surface area (Å²) in [5.74, 6) is 0.655. The fourth-order valence-corrected chi connectivity index (χ4v) is 1.77. The number of pyridine rings is 1. The van der Waals surface area contributed by atoms with Crippen molar-refractivity contribution in [1.82, 2.24) is 14.6 Å². The fourth-order valence-electron chi connectivity index (χ4n) is 1.77. The van der Waals surface area contributed by atoms with E-state index >= 15 is 0 Å². The molecule has 17 heavy (non-hydrogen) atoms. The minimum atomic E-state index is 0.257. The molecule has 2 rings (SSSR count). The van der Waals surface area contributed by atoms with Gasteiger partial charge in [0.2, 0.25) is 5.95 Å². The Bertz CT molecular complexity index is 432. The molecule has 0 aliphatic rings. The molecule has 2 heterocycles. The van der Waals surface area contributed by atoms with Crippen LogP contribution in [-0.4, -0.2) is 27.2 Å². The maximum absolute atomic E-state index is 5.73. The molecule has 5 nitrogen and oxygen atoms in total. The smallest absolute Gasteiger partial charge is 0.243 e. The molecule has 0 aliphatic heterocycles. The predicted molar refractivity (Wildman–Crippen MR) is 69.0 cm³/mol. The van der Waals surface area contributed by atoms with Crippen molar-refractivity contribution < 1.29 is 0 Å². The molecule has 5 heteroatoms. The van der Waals surface area contributed by atoms with E-state index in [2.05, 4.69) is 22.3 Å². The van der Waals surface area contributed by atoms with Crippen molar-refractivity contribution >= 4 is 11.6 Å². The SMILES string of the molecule is CCCCC(CN)Nc1nc2ccccn2n1. The van der Waals surface area contributed by atoms with Crippen LogP contribution in [0.15, 0.2) is 24.4 Å². The number of fused-ring (bicyclic) bond motifs is 1. The monoisotopic (exact) mass is 233 g/mol. The van der Waals surface area contributed by atoms with Crippen LogP contribution >= 0.6 is 0 Å². The van der Waals surface area contributed by atoms with Gasteiger partial charge in [-0.25, -0.2) is 4.52 Å². The summed E-state index contributed by atoms with van der Waals surface area (Å²) >= 11 is 0. The average molecular weight is 233 g/mol. The van der Waals surface area contributed by atoms with E-state index in [-0.39, 0.29) is 6.04 Å². The van der Waals surface area contributed by atoms with Gasteiger partial charge < -0.3 is 11.1 Å². The van der Waals surface area contributed by atoms with E-state index in [1.165, 1.54) is 12.8 Å². The molecule has 2 aromatic heterocycles. The number of unbranched alkanes of at least 4 members (excludes halogenated alkanes) is 1. The largest absolute Gasteiger partial charge is 0.349 e. The van der Waals surface area contributed by atoms with Crippen LogP contribution in [0.3, 0.4) is 0 Å². The lowest BCUT2D eigenvalue weighted by Gasteiger charge is -2.14. The molecular weight excluding hydrogens is 214 g/mol. The van der Waals surface area contributed by atoms with Crippen LogP contribution in [0.25, 0.3) is 5.65 Å². The Morgan fingerprint density at radius 2 is 2.35 bits per heavy atom. The Morgan fingerprint density at radius 1 is 1.47 bits per heavy atom. The van der Waals surface area contributed by atoms with Gasteiger partial charge in [0.1, 0.15) is 0 Å². The Hall–Kier alpha value is -1.62. The zero-order valence-corrected chi connectivity index (χ0v) is 10.1. The number of nitrogens with two attached hydrogens (primary N) is 1. The zero-order valence-electron chi connectivity index (χ0n) is 10.1. The number of hydrogen-bond acceptors (Lipinski definition) is 4. The number of aromatic nitrogens is 3. The number of anilines is 1. The van der Waals surface area contributed by atoms with Crippen molar-refractivity contribution in [2.45, 2.75) is 32.2 Å². The third kappa shape index (κ3) is 2.94. The van der Waals surface area contributed by atoms with Crippen molar-refractivity contribution in [3.63, 3.8) is 0 Å². The van der Waals surface area contributed by atoms with Gasteiger partial charge in [0.15, 0.2) is 5.65 Å². The highest BCUT2D eigenvalue weighted by atomic mass is 15.3. The quantitative estimate of drug-likeness (QED) is 0.796. The van der Waals surface area contributed by atoms with Crippen LogP contribution in [0.2, 0.25) is 0 Å². The predicted octanol–water partition coefficient (Wildman–Crippen LogP) is 1.66. The third-order valence-electron chi connectivity index (χ3n) is 2.77. The van der Waals surface area contributed by atoms with Gasteiger partial charge in [0, 0.05) is 18.8 Å². The molecule has 0 saturated carbocycles. The van der Waals surface area contributed by atoms with Crippen LogP contribution in [-0.2, 0) is 0 Å². The van der Waals surface area contributed by atoms with Gasteiger partial charge >= 0.3 is 0 Å². The fraction of sp³-hybridized carbons (Fsp3) is 0.500. The van der Waals surface area contributed by atoms with E-state index in [1.54, 1.807) is 4.52 Å². The lowest BCUT2D eigenvalue weighted by Crippen LogP contribution is -2.29. The molecule has 0 saturated heterocycles. The van der Waals surface area contributed by atoms with E-state index in [0.717, 1.165) is 12.1 Å². The normalized spacial score (nSPS) is 12.8. The molecule has 0 spiro atoms. The topological polar surface area (TPSA) is 68.2 Å². The molecule has 1 atom stereocenters. The highest BCUT2D eigenvalue weighted by molar-refractivity contribution is 5.43.